The Morgan fingerprint density at radius 1 is 1.50 bits per heavy atom. The van der Waals surface area contributed by atoms with Crippen LogP contribution in [0, 0.1) is 0 Å². The van der Waals surface area contributed by atoms with E-state index in [0.717, 1.165) is 17.6 Å². The van der Waals surface area contributed by atoms with Gasteiger partial charge in [0.15, 0.2) is 0 Å². The summed E-state index contributed by atoms with van der Waals surface area (Å²) in [6, 6.07) is 2.16. The van der Waals surface area contributed by atoms with Crippen LogP contribution in [0.3, 0.4) is 0 Å². The quantitative estimate of drug-likeness (QED) is 0.792. The molecule has 1 fully saturated rings. The summed E-state index contributed by atoms with van der Waals surface area (Å²) in [4.78, 5) is 4.15. The lowest BCUT2D eigenvalue weighted by atomic mass is 10.0. The first-order chi connectivity index (χ1) is 5.86. The van der Waals surface area contributed by atoms with Crippen molar-refractivity contribution in [1.82, 2.24) is 10.3 Å². The minimum absolute atomic E-state index is 0.662. The lowest BCUT2D eigenvalue weighted by Gasteiger charge is -2.07. The molecule has 1 aromatic heterocycles. The van der Waals surface area contributed by atoms with Crippen molar-refractivity contribution in [1.29, 1.82) is 0 Å². The summed E-state index contributed by atoms with van der Waals surface area (Å²) in [6.07, 6.45) is 5.02. The molecule has 0 spiro atoms. The Labute approximate surface area is 80.5 Å². The predicted octanol–water partition coefficient (Wildman–Crippen LogP) is 1.92. The van der Waals surface area contributed by atoms with Gasteiger partial charge in [-0.15, -0.1) is 0 Å². The molecule has 2 heterocycles. The van der Waals surface area contributed by atoms with Crippen LogP contribution in [0.5, 0.6) is 0 Å². The summed E-state index contributed by atoms with van der Waals surface area (Å²) >= 11 is 3.43. The Morgan fingerprint density at radius 3 is 3.08 bits per heavy atom. The molecule has 2 nitrogen and oxygen atoms in total. The molecule has 1 aromatic rings. The van der Waals surface area contributed by atoms with Crippen LogP contribution in [0.4, 0.5) is 0 Å². The van der Waals surface area contributed by atoms with E-state index in [9.17, 15) is 0 Å². The molecule has 1 saturated heterocycles. The lowest BCUT2D eigenvalue weighted by molar-refractivity contribution is 0.758. The van der Waals surface area contributed by atoms with Crippen LogP contribution >= 0.6 is 15.9 Å². The molecule has 2 rings (SSSR count). The molecule has 3 heteroatoms. The van der Waals surface area contributed by atoms with Crippen molar-refractivity contribution in [3.8, 4) is 0 Å². The summed E-state index contributed by atoms with van der Waals surface area (Å²) in [5.41, 5.74) is 1.34. The van der Waals surface area contributed by atoms with E-state index in [1.54, 1.807) is 0 Å². The van der Waals surface area contributed by atoms with E-state index in [1.165, 1.54) is 12.0 Å². The molecule has 1 N–H and O–H groups in total. The zero-order chi connectivity index (χ0) is 8.39. The van der Waals surface area contributed by atoms with Crippen LogP contribution in [-0.4, -0.2) is 18.1 Å². The number of nitrogens with zero attached hydrogens (tertiary/aromatic N) is 1. The zero-order valence-electron chi connectivity index (χ0n) is 6.76. The topological polar surface area (TPSA) is 24.9 Å². The average Bonchev–Trinajstić information content (AvgIpc) is 2.56. The highest BCUT2D eigenvalue weighted by molar-refractivity contribution is 9.10. The minimum atomic E-state index is 0.662. The largest absolute Gasteiger partial charge is 0.316 e. The highest BCUT2D eigenvalue weighted by atomic mass is 79.9. The van der Waals surface area contributed by atoms with E-state index in [-0.39, 0.29) is 0 Å². The monoisotopic (exact) mass is 226 g/mol. The van der Waals surface area contributed by atoms with E-state index in [1.807, 2.05) is 12.4 Å². The first-order valence-electron chi connectivity index (χ1n) is 4.17. The summed E-state index contributed by atoms with van der Waals surface area (Å²) in [6.45, 7) is 2.23. The van der Waals surface area contributed by atoms with Gasteiger partial charge < -0.3 is 5.32 Å². The lowest BCUT2D eigenvalue weighted by Crippen LogP contribution is -2.08. The van der Waals surface area contributed by atoms with Gasteiger partial charge in [-0.25, -0.2) is 0 Å². The Kier molecular flexibility index (Phi) is 2.42. The molecule has 0 unspecified atom stereocenters. The predicted molar refractivity (Wildman–Crippen MR) is 52.2 cm³/mol. The van der Waals surface area contributed by atoms with Gasteiger partial charge in [0.1, 0.15) is 0 Å². The van der Waals surface area contributed by atoms with Crippen molar-refractivity contribution in [2.45, 2.75) is 12.3 Å². The Morgan fingerprint density at radius 2 is 2.42 bits per heavy atom. The van der Waals surface area contributed by atoms with Gasteiger partial charge in [0, 0.05) is 23.4 Å². The molecule has 1 aliphatic heterocycles. The Bertz CT molecular complexity index is 269. The first kappa shape index (κ1) is 8.20. The van der Waals surface area contributed by atoms with E-state index in [2.05, 4.69) is 32.3 Å². The van der Waals surface area contributed by atoms with Crippen molar-refractivity contribution in [2.24, 2.45) is 0 Å². The third-order valence-electron chi connectivity index (χ3n) is 2.26. The molecule has 0 aliphatic carbocycles. The fraction of sp³-hybridized carbons (Fsp3) is 0.444. The molecular formula is C9H11BrN2. The molecule has 1 atom stereocenters. The highest BCUT2D eigenvalue weighted by Crippen LogP contribution is 2.23. The maximum atomic E-state index is 4.15. The summed E-state index contributed by atoms with van der Waals surface area (Å²) in [7, 11) is 0. The van der Waals surface area contributed by atoms with Gasteiger partial charge in [-0.1, -0.05) is 0 Å². The number of hydrogen-bond donors (Lipinski definition) is 1. The first-order valence-corrected chi connectivity index (χ1v) is 4.97. The highest BCUT2D eigenvalue weighted by Gasteiger charge is 2.16. The minimum Gasteiger partial charge on any atom is -0.316 e. The van der Waals surface area contributed by atoms with Crippen LogP contribution in [0.25, 0.3) is 0 Å². The van der Waals surface area contributed by atoms with Crippen LogP contribution < -0.4 is 5.32 Å². The Balaban J connectivity index is 2.21. The third-order valence-corrected chi connectivity index (χ3v) is 2.69. The van der Waals surface area contributed by atoms with Crippen molar-refractivity contribution in [3.05, 3.63) is 28.5 Å². The second-order valence-corrected chi connectivity index (χ2v) is 4.04. The number of rotatable bonds is 1. The number of pyridine rings is 1. The van der Waals surface area contributed by atoms with Gasteiger partial charge in [-0.05, 0) is 46.4 Å². The van der Waals surface area contributed by atoms with Gasteiger partial charge in [0.25, 0.3) is 0 Å². The summed E-state index contributed by atoms with van der Waals surface area (Å²) in [5.74, 6) is 0.662. The average molecular weight is 227 g/mol. The van der Waals surface area contributed by atoms with Crippen molar-refractivity contribution in [3.63, 3.8) is 0 Å². The van der Waals surface area contributed by atoms with Gasteiger partial charge in [-0.3, -0.25) is 4.98 Å². The van der Waals surface area contributed by atoms with E-state index in [4.69, 9.17) is 0 Å². The maximum Gasteiger partial charge on any atom is 0.0410 e. The molecule has 64 valence electrons. The second-order valence-electron chi connectivity index (χ2n) is 3.13. The van der Waals surface area contributed by atoms with Crippen molar-refractivity contribution >= 4 is 15.9 Å². The Hall–Kier alpha value is -0.410. The second kappa shape index (κ2) is 3.54. The van der Waals surface area contributed by atoms with Crippen LogP contribution in [0.2, 0.25) is 0 Å². The van der Waals surface area contributed by atoms with Gasteiger partial charge in [0.2, 0.25) is 0 Å². The molecule has 1 aliphatic rings. The smallest absolute Gasteiger partial charge is 0.0410 e. The third kappa shape index (κ3) is 1.67. The number of nitrogens with one attached hydrogen (secondary N) is 1. The number of halogens is 1. The molecule has 0 amide bonds. The molecule has 0 bridgehead atoms. The maximum absolute atomic E-state index is 4.15. The molecule has 0 radical (unpaired) electrons. The molecule has 12 heavy (non-hydrogen) atoms. The van der Waals surface area contributed by atoms with Gasteiger partial charge in [-0.2, -0.15) is 0 Å². The van der Waals surface area contributed by atoms with E-state index in [0.29, 0.717) is 5.92 Å². The molecular weight excluding hydrogens is 216 g/mol. The molecule has 0 saturated carbocycles. The van der Waals surface area contributed by atoms with Crippen molar-refractivity contribution in [2.75, 3.05) is 13.1 Å². The van der Waals surface area contributed by atoms with Crippen LogP contribution in [0.1, 0.15) is 17.9 Å². The fourth-order valence-electron chi connectivity index (χ4n) is 1.59. The van der Waals surface area contributed by atoms with E-state index >= 15 is 0 Å². The van der Waals surface area contributed by atoms with Crippen molar-refractivity contribution < 1.29 is 0 Å². The van der Waals surface area contributed by atoms with Crippen LogP contribution in [-0.2, 0) is 0 Å². The van der Waals surface area contributed by atoms with Crippen LogP contribution in [0.15, 0.2) is 22.9 Å². The number of hydrogen-bond acceptors (Lipinski definition) is 2. The standard InChI is InChI=1S/C9H11BrN2/c10-9-3-8(5-12-6-9)7-1-2-11-4-7/h3,5-7,11H,1-2,4H2/t7-/m0/s1. The zero-order valence-corrected chi connectivity index (χ0v) is 8.34. The normalized spacial score (nSPS) is 22.9. The van der Waals surface area contributed by atoms with E-state index < -0.39 is 0 Å². The number of aromatic nitrogens is 1. The SMILES string of the molecule is Brc1cncc([C@H]2CCNC2)c1. The molecule has 0 aromatic carbocycles. The summed E-state index contributed by atoms with van der Waals surface area (Å²) in [5, 5.41) is 3.35. The van der Waals surface area contributed by atoms with Gasteiger partial charge >= 0.3 is 0 Å². The fourth-order valence-corrected chi connectivity index (χ4v) is 1.97. The summed E-state index contributed by atoms with van der Waals surface area (Å²) < 4.78 is 1.08. The van der Waals surface area contributed by atoms with Gasteiger partial charge in [0.05, 0.1) is 0 Å².